The Labute approximate surface area is 110 Å². The Hall–Kier alpha value is -0.440. The van der Waals surface area contributed by atoms with Crippen LogP contribution >= 0.6 is 34.8 Å². The van der Waals surface area contributed by atoms with Crippen molar-refractivity contribution < 1.29 is 4.79 Å². The van der Waals surface area contributed by atoms with Crippen molar-refractivity contribution in [2.75, 3.05) is 5.32 Å². The smallest absolute Gasteiger partial charge is 0.224 e. The first-order chi connectivity index (χ1) is 7.40. The number of carbonyl (C=O) groups excluding carboxylic acids is 1. The number of anilines is 1. The van der Waals surface area contributed by atoms with Crippen LogP contribution in [0.15, 0.2) is 12.1 Å². The van der Waals surface area contributed by atoms with Crippen molar-refractivity contribution in [3.05, 3.63) is 27.2 Å². The number of nitrogens with one attached hydrogen (secondary N) is 1. The number of amides is 1. The predicted octanol–water partition coefficient (Wildman–Crippen LogP) is 4.63. The van der Waals surface area contributed by atoms with Gasteiger partial charge in [-0.2, -0.15) is 0 Å². The fourth-order valence-electron chi connectivity index (χ4n) is 1.22. The molecule has 1 aromatic rings. The first-order valence-corrected chi connectivity index (χ1v) is 5.98. The number of halogens is 3. The van der Waals surface area contributed by atoms with Crippen LogP contribution in [0.3, 0.4) is 0 Å². The van der Waals surface area contributed by atoms with Crippen LogP contribution in [0.25, 0.3) is 0 Å². The standard InChI is InChI=1S/C11H12Cl3NO/c1-6(2)3-10(16)15-11-8(13)4-7(12)5-9(11)14/h4-6H,3H2,1-2H3,(H,15,16). The fourth-order valence-corrected chi connectivity index (χ4v) is 2.13. The monoisotopic (exact) mass is 279 g/mol. The molecule has 0 aliphatic carbocycles. The number of benzene rings is 1. The minimum Gasteiger partial charge on any atom is -0.324 e. The van der Waals surface area contributed by atoms with E-state index >= 15 is 0 Å². The summed E-state index contributed by atoms with van der Waals surface area (Å²) in [5, 5.41) is 3.80. The zero-order valence-corrected chi connectivity index (χ0v) is 11.2. The summed E-state index contributed by atoms with van der Waals surface area (Å²) < 4.78 is 0. The third kappa shape index (κ3) is 3.85. The quantitative estimate of drug-likeness (QED) is 0.859. The van der Waals surface area contributed by atoms with Crippen molar-refractivity contribution in [1.82, 2.24) is 0 Å². The van der Waals surface area contributed by atoms with Crippen LogP contribution in [0.1, 0.15) is 20.3 Å². The third-order valence-corrected chi connectivity index (χ3v) is 2.68. The molecule has 2 nitrogen and oxygen atoms in total. The van der Waals surface area contributed by atoms with Crippen LogP contribution in [0.2, 0.25) is 15.1 Å². The van der Waals surface area contributed by atoms with E-state index in [1.807, 2.05) is 13.8 Å². The maximum absolute atomic E-state index is 11.6. The Balaban J connectivity index is 2.85. The van der Waals surface area contributed by atoms with Crippen LogP contribution < -0.4 is 5.32 Å². The van der Waals surface area contributed by atoms with Gasteiger partial charge in [0, 0.05) is 11.4 Å². The Kier molecular flexibility index (Phi) is 4.90. The van der Waals surface area contributed by atoms with Crippen molar-refractivity contribution >= 4 is 46.4 Å². The molecule has 0 fully saturated rings. The van der Waals surface area contributed by atoms with Gasteiger partial charge in [0.15, 0.2) is 0 Å². The Bertz CT molecular complexity index is 381. The molecule has 0 atom stereocenters. The topological polar surface area (TPSA) is 29.1 Å². The van der Waals surface area contributed by atoms with Gasteiger partial charge >= 0.3 is 0 Å². The summed E-state index contributed by atoms with van der Waals surface area (Å²) in [6, 6.07) is 3.08. The van der Waals surface area contributed by atoms with Crippen LogP contribution in [-0.4, -0.2) is 5.91 Å². The third-order valence-electron chi connectivity index (χ3n) is 1.86. The van der Waals surface area contributed by atoms with E-state index in [-0.39, 0.29) is 11.8 Å². The van der Waals surface area contributed by atoms with Crippen LogP contribution in [0.5, 0.6) is 0 Å². The first kappa shape index (κ1) is 13.6. The van der Waals surface area contributed by atoms with Crippen molar-refractivity contribution in [1.29, 1.82) is 0 Å². The second-order valence-electron chi connectivity index (χ2n) is 3.89. The van der Waals surface area contributed by atoms with Crippen molar-refractivity contribution in [3.63, 3.8) is 0 Å². The molecule has 0 radical (unpaired) electrons. The maximum atomic E-state index is 11.6. The van der Waals surface area contributed by atoms with E-state index in [0.29, 0.717) is 27.2 Å². The normalized spacial score (nSPS) is 10.6. The lowest BCUT2D eigenvalue weighted by atomic mass is 10.1. The average molecular weight is 281 g/mol. The highest BCUT2D eigenvalue weighted by Gasteiger charge is 2.12. The first-order valence-electron chi connectivity index (χ1n) is 4.84. The zero-order valence-electron chi connectivity index (χ0n) is 8.98. The lowest BCUT2D eigenvalue weighted by Gasteiger charge is -2.10. The van der Waals surface area contributed by atoms with Gasteiger partial charge in [-0.25, -0.2) is 0 Å². The second kappa shape index (κ2) is 5.76. The van der Waals surface area contributed by atoms with Gasteiger partial charge in [-0.1, -0.05) is 48.7 Å². The number of hydrogen-bond donors (Lipinski definition) is 1. The summed E-state index contributed by atoms with van der Waals surface area (Å²) in [6.45, 7) is 3.93. The number of hydrogen-bond acceptors (Lipinski definition) is 1. The summed E-state index contributed by atoms with van der Waals surface area (Å²) >= 11 is 17.6. The Morgan fingerprint density at radius 2 is 1.75 bits per heavy atom. The van der Waals surface area contributed by atoms with E-state index in [1.54, 1.807) is 12.1 Å². The highest BCUT2D eigenvalue weighted by atomic mass is 35.5. The lowest BCUT2D eigenvalue weighted by molar-refractivity contribution is -0.116. The maximum Gasteiger partial charge on any atom is 0.224 e. The molecule has 0 saturated heterocycles. The fraction of sp³-hybridized carbons (Fsp3) is 0.364. The van der Waals surface area contributed by atoms with E-state index < -0.39 is 0 Å². The largest absolute Gasteiger partial charge is 0.324 e. The van der Waals surface area contributed by atoms with E-state index in [4.69, 9.17) is 34.8 Å². The predicted molar refractivity (Wildman–Crippen MR) is 69.6 cm³/mol. The molecule has 88 valence electrons. The summed E-state index contributed by atoms with van der Waals surface area (Å²) in [5.74, 6) is 0.172. The molecular weight excluding hydrogens is 268 g/mol. The SMILES string of the molecule is CC(C)CC(=O)Nc1c(Cl)cc(Cl)cc1Cl. The molecule has 1 aromatic carbocycles. The Morgan fingerprint density at radius 1 is 1.25 bits per heavy atom. The highest BCUT2D eigenvalue weighted by Crippen LogP contribution is 2.33. The van der Waals surface area contributed by atoms with Crippen LogP contribution in [0.4, 0.5) is 5.69 Å². The molecule has 0 unspecified atom stereocenters. The van der Waals surface area contributed by atoms with Gasteiger partial charge in [-0.3, -0.25) is 4.79 Å². The van der Waals surface area contributed by atoms with E-state index in [9.17, 15) is 4.79 Å². The number of rotatable bonds is 3. The van der Waals surface area contributed by atoms with Gasteiger partial charge in [0.2, 0.25) is 5.91 Å². The van der Waals surface area contributed by atoms with Gasteiger partial charge in [0.1, 0.15) is 0 Å². The molecule has 0 spiro atoms. The average Bonchev–Trinajstić information content (AvgIpc) is 2.09. The second-order valence-corrected chi connectivity index (χ2v) is 5.14. The van der Waals surface area contributed by atoms with E-state index in [1.165, 1.54) is 0 Å². The van der Waals surface area contributed by atoms with Crippen molar-refractivity contribution in [3.8, 4) is 0 Å². The molecule has 1 N–H and O–H groups in total. The molecule has 5 heteroatoms. The molecule has 0 aliphatic rings. The van der Waals surface area contributed by atoms with Gasteiger partial charge in [-0.15, -0.1) is 0 Å². The molecule has 1 amide bonds. The molecule has 0 aliphatic heterocycles. The van der Waals surface area contributed by atoms with E-state index in [0.717, 1.165) is 0 Å². The van der Waals surface area contributed by atoms with Crippen molar-refractivity contribution in [2.45, 2.75) is 20.3 Å². The Morgan fingerprint density at radius 3 is 2.19 bits per heavy atom. The molecule has 0 saturated carbocycles. The summed E-state index contributed by atoms with van der Waals surface area (Å²) in [5.41, 5.74) is 0.415. The molecule has 0 bridgehead atoms. The molecule has 0 aromatic heterocycles. The minimum absolute atomic E-state index is 0.110. The van der Waals surface area contributed by atoms with Crippen LogP contribution in [0, 0.1) is 5.92 Å². The molecular formula is C11H12Cl3NO. The lowest BCUT2D eigenvalue weighted by Crippen LogP contribution is -2.14. The van der Waals surface area contributed by atoms with Crippen LogP contribution in [-0.2, 0) is 4.79 Å². The van der Waals surface area contributed by atoms with Gasteiger partial charge in [0.25, 0.3) is 0 Å². The number of carbonyl (C=O) groups is 1. The molecule has 1 rings (SSSR count). The highest BCUT2D eigenvalue weighted by molar-refractivity contribution is 6.42. The molecule has 0 heterocycles. The summed E-state index contributed by atoms with van der Waals surface area (Å²) in [7, 11) is 0. The summed E-state index contributed by atoms with van der Waals surface area (Å²) in [4.78, 5) is 11.6. The van der Waals surface area contributed by atoms with Crippen molar-refractivity contribution in [2.24, 2.45) is 5.92 Å². The van der Waals surface area contributed by atoms with E-state index in [2.05, 4.69) is 5.32 Å². The zero-order chi connectivity index (χ0) is 12.3. The minimum atomic E-state index is -0.110. The molecule has 16 heavy (non-hydrogen) atoms. The summed E-state index contributed by atoms with van der Waals surface area (Å²) in [6.07, 6.45) is 0.426. The van der Waals surface area contributed by atoms with Gasteiger partial charge in [-0.05, 0) is 18.1 Å². The van der Waals surface area contributed by atoms with Gasteiger partial charge in [0.05, 0.1) is 15.7 Å². The van der Waals surface area contributed by atoms with Gasteiger partial charge < -0.3 is 5.32 Å².